The van der Waals surface area contributed by atoms with E-state index in [2.05, 4.69) is 45.7 Å². The maximum absolute atomic E-state index is 13.9. The number of aromatic nitrogens is 1. The summed E-state index contributed by atoms with van der Waals surface area (Å²) < 4.78 is 19.2. The zero-order valence-corrected chi connectivity index (χ0v) is 14.7. The highest BCUT2D eigenvalue weighted by Gasteiger charge is 2.35. The maximum atomic E-state index is 13.9. The van der Waals surface area contributed by atoms with Gasteiger partial charge in [-0.25, -0.2) is 4.39 Å². The lowest BCUT2D eigenvalue weighted by molar-refractivity contribution is 0.190. The predicted octanol–water partition coefficient (Wildman–Crippen LogP) is 3.43. The lowest BCUT2D eigenvalue weighted by Crippen LogP contribution is -2.46. The van der Waals surface area contributed by atoms with Crippen molar-refractivity contribution < 1.29 is 8.91 Å². The first kappa shape index (κ1) is 16.7. The number of nitrogens with zero attached hydrogens (tertiary/aromatic N) is 2. The van der Waals surface area contributed by atoms with Crippen LogP contribution in [-0.2, 0) is 6.54 Å². The summed E-state index contributed by atoms with van der Waals surface area (Å²) >= 11 is 0. The largest absolute Gasteiger partial charge is 0.360 e. The molecule has 2 aromatic rings. The molecule has 1 aliphatic heterocycles. The maximum Gasteiger partial charge on any atom is 0.150 e. The fourth-order valence-electron chi connectivity index (χ4n) is 4.10. The molecule has 0 radical (unpaired) electrons. The topological polar surface area (TPSA) is 41.3 Å². The van der Waals surface area contributed by atoms with Gasteiger partial charge in [-0.2, -0.15) is 0 Å². The van der Waals surface area contributed by atoms with E-state index in [4.69, 9.17) is 4.52 Å². The van der Waals surface area contributed by atoms with E-state index < -0.39 is 6.17 Å². The Balaban J connectivity index is 1.26. The Hall–Kier alpha value is -1.72. The van der Waals surface area contributed by atoms with Crippen molar-refractivity contribution in [3.8, 4) is 0 Å². The van der Waals surface area contributed by atoms with E-state index in [1.54, 1.807) is 0 Å². The lowest BCUT2D eigenvalue weighted by atomic mass is 9.76. The Morgan fingerprint density at radius 1 is 1.24 bits per heavy atom. The molecule has 4 rings (SSSR count). The fraction of sp³-hybridized carbons (Fsp3) is 0.550. The second kappa shape index (κ2) is 7.26. The van der Waals surface area contributed by atoms with Gasteiger partial charge in [-0.1, -0.05) is 35.5 Å². The number of rotatable bonds is 6. The molecule has 1 N–H and O–H groups in total. The van der Waals surface area contributed by atoms with Crippen molar-refractivity contribution in [1.29, 1.82) is 0 Å². The first-order valence-corrected chi connectivity index (χ1v) is 9.26. The molecular formula is C20H26FN3O. The molecule has 4 nitrogen and oxygen atoms in total. The van der Waals surface area contributed by atoms with Gasteiger partial charge in [0.15, 0.2) is 5.76 Å². The lowest BCUT2D eigenvalue weighted by Gasteiger charge is -2.37. The van der Waals surface area contributed by atoms with Gasteiger partial charge in [0, 0.05) is 31.2 Å². The zero-order valence-electron chi connectivity index (χ0n) is 14.7. The molecule has 25 heavy (non-hydrogen) atoms. The SMILES string of the molecule is Cc1cc(CN2C[C@@H](F)C[C@H]2CNC2CC(c3ccccc3)C2)on1. The molecule has 2 atom stereocenters. The van der Waals surface area contributed by atoms with Gasteiger partial charge in [0.2, 0.25) is 0 Å². The highest BCUT2D eigenvalue weighted by molar-refractivity contribution is 5.22. The average Bonchev–Trinajstić information content (AvgIpc) is 3.13. The minimum Gasteiger partial charge on any atom is -0.360 e. The quantitative estimate of drug-likeness (QED) is 0.872. The van der Waals surface area contributed by atoms with E-state index >= 15 is 0 Å². The van der Waals surface area contributed by atoms with Crippen LogP contribution in [0.3, 0.4) is 0 Å². The van der Waals surface area contributed by atoms with Crippen molar-refractivity contribution in [3.63, 3.8) is 0 Å². The molecule has 5 heteroatoms. The molecule has 0 bridgehead atoms. The Bertz CT molecular complexity index is 683. The number of nitrogens with one attached hydrogen (secondary N) is 1. The van der Waals surface area contributed by atoms with E-state index in [1.807, 2.05) is 13.0 Å². The van der Waals surface area contributed by atoms with Gasteiger partial charge in [0.1, 0.15) is 6.17 Å². The number of benzene rings is 1. The second-order valence-corrected chi connectivity index (χ2v) is 7.54. The number of hydrogen-bond donors (Lipinski definition) is 1. The van der Waals surface area contributed by atoms with E-state index in [0.717, 1.165) is 18.0 Å². The van der Waals surface area contributed by atoms with Gasteiger partial charge in [0.05, 0.1) is 12.2 Å². The summed E-state index contributed by atoms with van der Waals surface area (Å²) in [5, 5.41) is 7.57. The Kier molecular flexibility index (Phi) is 4.86. The molecule has 0 amide bonds. The molecule has 2 aliphatic rings. The van der Waals surface area contributed by atoms with Crippen molar-refractivity contribution in [2.45, 2.75) is 56.9 Å². The minimum atomic E-state index is -0.741. The monoisotopic (exact) mass is 343 g/mol. The molecular weight excluding hydrogens is 317 g/mol. The second-order valence-electron chi connectivity index (χ2n) is 7.54. The first-order chi connectivity index (χ1) is 12.2. The van der Waals surface area contributed by atoms with Crippen molar-refractivity contribution in [2.75, 3.05) is 13.1 Å². The smallest absolute Gasteiger partial charge is 0.150 e. The van der Waals surface area contributed by atoms with Gasteiger partial charge >= 0.3 is 0 Å². The molecule has 1 aromatic carbocycles. The zero-order chi connectivity index (χ0) is 17.2. The van der Waals surface area contributed by atoms with Gasteiger partial charge in [-0.05, 0) is 37.7 Å². The summed E-state index contributed by atoms with van der Waals surface area (Å²) in [6.45, 7) is 3.89. The number of likely N-dealkylation sites (tertiary alicyclic amines) is 1. The van der Waals surface area contributed by atoms with E-state index in [0.29, 0.717) is 31.5 Å². The van der Waals surface area contributed by atoms with Crippen LogP contribution in [0, 0.1) is 6.92 Å². The third kappa shape index (κ3) is 3.93. The summed E-state index contributed by atoms with van der Waals surface area (Å²) in [5.74, 6) is 1.49. The molecule has 1 saturated heterocycles. The summed E-state index contributed by atoms with van der Waals surface area (Å²) in [4.78, 5) is 2.19. The van der Waals surface area contributed by atoms with Crippen LogP contribution < -0.4 is 5.32 Å². The average molecular weight is 343 g/mol. The molecule has 1 aromatic heterocycles. The van der Waals surface area contributed by atoms with Crippen LogP contribution in [0.15, 0.2) is 40.9 Å². The third-order valence-electron chi connectivity index (χ3n) is 5.56. The van der Waals surface area contributed by atoms with Gasteiger partial charge in [-0.15, -0.1) is 0 Å². The number of alkyl halides is 1. The molecule has 1 aliphatic carbocycles. The summed E-state index contributed by atoms with van der Waals surface area (Å²) in [6.07, 6.45) is 2.22. The highest BCUT2D eigenvalue weighted by Crippen LogP contribution is 2.36. The number of aryl methyl sites for hydroxylation is 1. The summed E-state index contributed by atoms with van der Waals surface area (Å²) in [6, 6.07) is 13.4. The molecule has 2 heterocycles. The number of hydrogen-bond acceptors (Lipinski definition) is 4. The van der Waals surface area contributed by atoms with Crippen molar-refractivity contribution in [1.82, 2.24) is 15.4 Å². The predicted molar refractivity (Wildman–Crippen MR) is 95.2 cm³/mol. The Labute approximate surface area is 148 Å². The summed E-state index contributed by atoms with van der Waals surface area (Å²) in [5.41, 5.74) is 2.31. The molecule has 2 fully saturated rings. The van der Waals surface area contributed by atoms with Crippen molar-refractivity contribution in [2.24, 2.45) is 0 Å². The fourth-order valence-corrected chi connectivity index (χ4v) is 4.10. The third-order valence-corrected chi connectivity index (χ3v) is 5.56. The normalized spacial score (nSPS) is 29.7. The molecule has 0 spiro atoms. The summed E-state index contributed by atoms with van der Waals surface area (Å²) in [7, 11) is 0. The van der Waals surface area contributed by atoms with Crippen LogP contribution in [0.2, 0.25) is 0 Å². The van der Waals surface area contributed by atoms with Crippen LogP contribution in [0.4, 0.5) is 4.39 Å². The van der Waals surface area contributed by atoms with Crippen molar-refractivity contribution in [3.05, 3.63) is 53.4 Å². The van der Waals surface area contributed by atoms with Gasteiger partial charge in [-0.3, -0.25) is 4.90 Å². The van der Waals surface area contributed by atoms with Gasteiger partial charge < -0.3 is 9.84 Å². The Morgan fingerprint density at radius 2 is 2.04 bits per heavy atom. The Morgan fingerprint density at radius 3 is 2.76 bits per heavy atom. The van der Waals surface area contributed by atoms with Gasteiger partial charge in [0.25, 0.3) is 0 Å². The molecule has 1 saturated carbocycles. The molecule has 134 valence electrons. The number of halogens is 1. The van der Waals surface area contributed by atoms with E-state index in [-0.39, 0.29) is 6.04 Å². The first-order valence-electron chi connectivity index (χ1n) is 9.26. The minimum absolute atomic E-state index is 0.233. The molecule has 0 unspecified atom stereocenters. The van der Waals surface area contributed by atoms with Crippen LogP contribution in [0.25, 0.3) is 0 Å². The van der Waals surface area contributed by atoms with Crippen LogP contribution in [0.1, 0.15) is 42.2 Å². The van der Waals surface area contributed by atoms with Crippen LogP contribution in [0.5, 0.6) is 0 Å². The van der Waals surface area contributed by atoms with Crippen LogP contribution in [-0.4, -0.2) is 41.4 Å². The standard InChI is InChI=1S/C20H26FN3O/c1-14-7-20(25-23-14)13-24-12-17(21)10-19(24)11-22-18-8-16(9-18)15-5-3-2-4-6-15/h2-7,16-19,22H,8-13H2,1H3/t16?,17-,18?,19-/m0/s1. The van der Waals surface area contributed by atoms with Crippen LogP contribution >= 0.6 is 0 Å². The van der Waals surface area contributed by atoms with E-state index in [9.17, 15) is 4.39 Å². The van der Waals surface area contributed by atoms with E-state index in [1.165, 1.54) is 18.4 Å². The van der Waals surface area contributed by atoms with Crippen molar-refractivity contribution >= 4 is 0 Å². The highest BCUT2D eigenvalue weighted by atomic mass is 19.1.